The summed E-state index contributed by atoms with van der Waals surface area (Å²) in [7, 11) is 1.23. The molecular weight excluding hydrogens is 725 g/mol. The zero-order valence-corrected chi connectivity index (χ0v) is 36.8. The van der Waals surface area contributed by atoms with Crippen LogP contribution in [0.2, 0.25) is 0 Å². The van der Waals surface area contributed by atoms with Gasteiger partial charge in [-0.2, -0.15) is 0 Å². The van der Waals surface area contributed by atoms with E-state index in [9.17, 15) is 19.4 Å². The third-order valence-corrected chi connectivity index (χ3v) is 9.54. The largest absolute Gasteiger partial charge is 0.756 e. The topological polar surface area (TPSA) is 114 Å². The second-order valence-corrected chi connectivity index (χ2v) is 16.6. The van der Waals surface area contributed by atoms with E-state index < -0.39 is 26.0 Å². The summed E-state index contributed by atoms with van der Waals surface area (Å²) in [4.78, 5) is 25.0. The predicted octanol–water partition coefficient (Wildman–Crippen LogP) is 11.2. The van der Waals surface area contributed by atoms with Gasteiger partial charge >= 0.3 is 5.97 Å². The number of esters is 1. The minimum Gasteiger partial charge on any atom is -0.756 e. The highest BCUT2D eigenvalue weighted by Gasteiger charge is 2.20. The number of nitrogens with zero attached hydrogens (tertiary/aromatic N) is 1. The summed E-state index contributed by atoms with van der Waals surface area (Å²) in [5.74, 6) is -0.445. The second kappa shape index (κ2) is 38.0. The van der Waals surface area contributed by atoms with Gasteiger partial charge in [0.15, 0.2) is 6.10 Å². The fourth-order valence-corrected chi connectivity index (χ4v) is 5.94. The number of rotatable bonds is 38. The summed E-state index contributed by atoms with van der Waals surface area (Å²) < 4.78 is 34.2. The SMILES string of the molecule is CC/C=C\C/C=C\CC(O)/C=C/C=C\C/C=C\CCCC(=O)O[C@H](CO/C=C/CCCCCC/C=C\CCCCCCCC)COP(=O)([O-])OCC[N+](C)(C)C. The molecule has 1 N–H and O–H groups in total. The second-order valence-electron chi connectivity index (χ2n) is 15.2. The Labute approximate surface area is 342 Å². The molecule has 0 aliphatic rings. The molecule has 0 rings (SSSR count). The summed E-state index contributed by atoms with van der Waals surface area (Å²) in [5, 5.41) is 10.0. The summed E-state index contributed by atoms with van der Waals surface area (Å²) in [6.45, 7) is 4.42. The van der Waals surface area contributed by atoms with Crippen molar-refractivity contribution in [1.29, 1.82) is 0 Å². The Kier molecular flexibility index (Phi) is 36.3. The molecule has 56 heavy (non-hydrogen) atoms. The molecule has 3 atom stereocenters. The van der Waals surface area contributed by atoms with E-state index in [-0.39, 0.29) is 26.2 Å². The highest BCUT2D eigenvalue weighted by molar-refractivity contribution is 7.45. The number of phosphoric ester groups is 1. The van der Waals surface area contributed by atoms with Gasteiger partial charge < -0.3 is 33.0 Å². The van der Waals surface area contributed by atoms with Crippen molar-refractivity contribution < 1.29 is 42.4 Å². The van der Waals surface area contributed by atoms with Crippen molar-refractivity contribution in [2.24, 2.45) is 0 Å². The van der Waals surface area contributed by atoms with E-state index in [2.05, 4.69) is 44.2 Å². The molecule has 0 saturated heterocycles. The molecular formula is C46H80NO8P. The number of ether oxygens (including phenoxy) is 2. The molecule has 0 spiro atoms. The fourth-order valence-electron chi connectivity index (χ4n) is 5.21. The summed E-state index contributed by atoms with van der Waals surface area (Å²) >= 11 is 0. The molecule has 0 heterocycles. The molecule has 0 aromatic rings. The van der Waals surface area contributed by atoms with Gasteiger partial charge in [-0.05, 0) is 83.1 Å². The Morgan fingerprint density at radius 3 is 1.96 bits per heavy atom. The van der Waals surface area contributed by atoms with Crippen molar-refractivity contribution in [1.82, 2.24) is 0 Å². The van der Waals surface area contributed by atoms with Gasteiger partial charge in [-0.15, -0.1) is 0 Å². The van der Waals surface area contributed by atoms with E-state index >= 15 is 0 Å². The molecule has 0 aromatic carbocycles. The molecule has 10 heteroatoms. The molecule has 2 unspecified atom stereocenters. The number of quaternary nitrogens is 1. The van der Waals surface area contributed by atoms with Crippen molar-refractivity contribution >= 4 is 13.8 Å². The smallest absolute Gasteiger partial charge is 0.306 e. The number of unbranched alkanes of at least 4 members (excludes halogenated alkanes) is 12. The minimum absolute atomic E-state index is 0.0114. The van der Waals surface area contributed by atoms with Gasteiger partial charge in [0.1, 0.15) is 19.8 Å². The van der Waals surface area contributed by atoms with Gasteiger partial charge in [0, 0.05) is 6.42 Å². The number of carbonyl (C=O) groups is 1. The number of aliphatic hydroxyl groups excluding tert-OH is 1. The first-order chi connectivity index (χ1) is 27.0. The number of carbonyl (C=O) groups excluding carboxylic acids is 1. The number of phosphoric acid groups is 1. The molecule has 322 valence electrons. The highest BCUT2D eigenvalue weighted by Crippen LogP contribution is 2.38. The van der Waals surface area contributed by atoms with E-state index in [1.807, 2.05) is 63.7 Å². The van der Waals surface area contributed by atoms with Crippen LogP contribution >= 0.6 is 7.82 Å². The molecule has 0 fully saturated rings. The first-order valence-corrected chi connectivity index (χ1v) is 22.9. The van der Waals surface area contributed by atoms with E-state index in [1.165, 1.54) is 57.8 Å². The predicted molar refractivity (Wildman–Crippen MR) is 232 cm³/mol. The van der Waals surface area contributed by atoms with Gasteiger partial charge in [-0.25, -0.2) is 0 Å². The number of hydrogen-bond acceptors (Lipinski definition) is 8. The van der Waals surface area contributed by atoms with Crippen LogP contribution in [0.1, 0.15) is 142 Å². The van der Waals surface area contributed by atoms with Crippen LogP contribution in [0.3, 0.4) is 0 Å². The lowest BCUT2D eigenvalue weighted by Crippen LogP contribution is -2.37. The summed E-state index contributed by atoms with van der Waals surface area (Å²) in [6.07, 6.45) is 47.3. The van der Waals surface area contributed by atoms with Crippen LogP contribution in [-0.2, 0) is 27.9 Å². The first kappa shape index (κ1) is 53.5. The molecule has 0 radical (unpaired) electrons. The quantitative estimate of drug-likeness (QED) is 0.0125. The van der Waals surface area contributed by atoms with E-state index in [1.54, 1.807) is 12.3 Å². The average molecular weight is 806 g/mol. The fraction of sp³-hybridized carbons (Fsp3) is 0.674. The molecule has 0 bridgehead atoms. The zero-order chi connectivity index (χ0) is 41.4. The number of allylic oxidation sites excluding steroid dienone is 11. The Bertz CT molecular complexity index is 1180. The van der Waals surface area contributed by atoms with Crippen LogP contribution in [0.15, 0.2) is 85.3 Å². The molecule has 0 aromatic heterocycles. The Hall–Kier alpha value is -2.52. The molecule has 0 amide bonds. The van der Waals surface area contributed by atoms with Gasteiger partial charge in [0.2, 0.25) is 0 Å². The van der Waals surface area contributed by atoms with Crippen LogP contribution in [-0.4, -0.2) is 75.3 Å². The maximum absolute atomic E-state index is 12.6. The van der Waals surface area contributed by atoms with E-state index in [0.717, 1.165) is 44.9 Å². The van der Waals surface area contributed by atoms with Crippen LogP contribution in [0.25, 0.3) is 0 Å². The van der Waals surface area contributed by atoms with Gasteiger partial charge in [-0.1, -0.05) is 132 Å². The van der Waals surface area contributed by atoms with Crippen LogP contribution in [0.4, 0.5) is 0 Å². The number of hydrogen-bond donors (Lipinski definition) is 1. The summed E-state index contributed by atoms with van der Waals surface area (Å²) in [5.41, 5.74) is 0. The molecule has 0 aliphatic carbocycles. The number of likely N-dealkylation sites (N-methyl/N-ethyl adjacent to an activating group) is 1. The van der Waals surface area contributed by atoms with Gasteiger partial charge in [0.05, 0.1) is 40.1 Å². The number of aliphatic hydroxyl groups is 1. The average Bonchev–Trinajstić information content (AvgIpc) is 3.14. The lowest BCUT2D eigenvalue weighted by Gasteiger charge is -2.28. The van der Waals surface area contributed by atoms with E-state index in [4.69, 9.17) is 18.5 Å². The normalized spacial score (nSPS) is 15.1. The Morgan fingerprint density at radius 1 is 0.696 bits per heavy atom. The first-order valence-electron chi connectivity index (χ1n) is 21.5. The monoisotopic (exact) mass is 806 g/mol. The lowest BCUT2D eigenvalue weighted by molar-refractivity contribution is -0.870. The van der Waals surface area contributed by atoms with Crippen molar-refractivity contribution in [3.05, 3.63) is 85.3 Å². The maximum Gasteiger partial charge on any atom is 0.306 e. The molecule has 0 aliphatic heterocycles. The molecule has 9 nitrogen and oxygen atoms in total. The Morgan fingerprint density at radius 2 is 1.29 bits per heavy atom. The lowest BCUT2D eigenvalue weighted by atomic mass is 10.1. The van der Waals surface area contributed by atoms with Crippen LogP contribution < -0.4 is 4.89 Å². The maximum atomic E-state index is 12.6. The zero-order valence-electron chi connectivity index (χ0n) is 35.9. The van der Waals surface area contributed by atoms with Crippen molar-refractivity contribution in [3.8, 4) is 0 Å². The minimum atomic E-state index is -4.58. The van der Waals surface area contributed by atoms with Gasteiger partial charge in [0.25, 0.3) is 7.82 Å². The van der Waals surface area contributed by atoms with Crippen LogP contribution in [0.5, 0.6) is 0 Å². The third-order valence-electron chi connectivity index (χ3n) is 8.58. The van der Waals surface area contributed by atoms with Crippen molar-refractivity contribution in [2.75, 3.05) is 47.5 Å². The van der Waals surface area contributed by atoms with Crippen LogP contribution in [0, 0.1) is 0 Å². The third kappa shape index (κ3) is 41.1. The highest BCUT2D eigenvalue weighted by atomic mass is 31.2. The standard InChI is InChI=1S/C46H80NO8P/c1-6-8-10-12-14-15-16-17-18-19-20-21-24-27-31-35-40-52-42-45(43-54-56(50,51)53-41-39-47(3,4)5)55-46(49)38-34-30-26-23-22-25-29-33-37-44(48)36-32-28-13-11-9-7-2/h9,11,17-18,23,25-26,28-29,32-33,35,37,40,44-45,48H,6-8,10,12-16,19-22,24,27,30-31,34,36,38-39,41-43H2,1-5H3/b11-9-,18-17-,26-23-,29-25-,32-28-,37-33+,40-35+/t44?,45-/m1/s1. The molecule has 0 saturated carbocycles. The van der Waals surface area contributed by atoms with Crippen molar-refractivity contribution in [2.45, 2.75) is 154 Å². The van der Waals surface area contributed by atoms with Crippen molar-refractivity contribution in [3.63, 3.8) is 0 Å². The Balaban J connectivity index is 4.51. The van der Waals surface area contributed by atoms with Gasteiger partial charge in [-0.3, -0.25) is 9.36 Å². The van der Waals surface area contributed by atoms with E-state index in [0.29, 0.717) is 30.3 Å². The summed E-state index contributed by atoms with van der Waals surface area (Å²) in [6, 6.07) is 0.